The van der Waals surface area contributed by atoms with Crippen molar-refractivity contribution in [3.05, 3.63) is 12.4 Å². The number of carbonyl (C=O) groups excluding carboxylic acids is 2. The van der Waals surface area contributed by atoms with Crippen LogP contribution in [-0.2, 0) is 20.8 Å². The number of nitrogens with zero attached hydrogens (tertiary/aromatic N) is 4. The van der Waals surface area contributed by atoms with Crippen LogP contribution in [0.15, 0.2) is 12.4 Å². The van der Waals surface area contributed by atoms with Gasteiger partial charge in [0.05, 0.1) is 18.5 Å². The number of hydrogen-bond donors (Lipinski definition) is 0. The number of aromatic nitrogens is 2. The predicted octanol–water partition coefficient (Wildman–Crippen LogP) is 2.28. The fraction of sp³-hybridized carbons (Fsp3) is 0.737. The van der Waals surface area contributed by atoms with E-state index < -0.39 is 5.60 Å². The van der Waals surface area contributed by atoms with E-state index in [9.17, 15) is 9.59 Å². The molecule has 8 heteroatoms. The lowest BCUT2D eigenvalue weighted by Gasteiger charge is -2.53. The molecule has 2 fully saturated rings. The third-order valence-corrected chi connectivity index (χ3v) is 5.11. The largest absolute Gasteiger partial charge is 0.465 e. The molecule has 0 N–H and O–H groups in total. The number of ether oxygens (including phenoxy) is 2. The van der Waals surface area contributed by atoms with E-state index in [0.717, 1.165) is 44.7 Å². The molecule has 0 aromatic carbocycles. The first-order valence-corrected chi connectivity index (χ1v) is 9.61. The van der Waals surface area contributed by atoms with Gasteiger partial charge in [-0.15, -0.1) is 0 Å². The van der Waals surface area contributed by atoms with Crippen molar-refractivity contribution in [2.75, 3.05) is 37.7 Å². The molecule has 150 valence electrons. The van der Waals surface area contributed by atoms with Gasteiger partial charge >= 0.3 is 12.1 Å². The Hall–Kier alpha value is -2.25. The SMILES string of the molecule is CCOC(=O)Cn1cc(N2CCC3(CC2)CN(C(=O)OC(C)(C)C)C3)cn1. The molecule has 0 aliphatic carbocycles. The summed E-state index contributed by atoms with van der Waals surface area (Å²) >= 11 is 0. The molecule has 2 saturated heterocycles. The molecular weight excluding hydrogens is 348 g/mol. The summed E-state index contributed by atoms with van der Waals surface area (Å²) in [5.74, 6) is -0.276. The van der Waals surface area contributed by atoms with E-state index >= 15 is 0 Å². The zero-order chi connectivity index (χ0) is 19.7. The van der Waals surface area contributed by atoms with Crippen molar-refractivity contribution in [1.29, 1.82) is 0 Å². The highest BCUT2D eigenvalue weighted by Gasteiger charge is 2.47. The monoisotopic (exact) mass is 378 g/mol. The summed E-state index contributed by atoms with van der Waals surface area (Å²) < 4.78 is 12.0. The number of hydrogen-bond acceptors (Lipinski definition) is 6. The second-order valence-corrected chi connectivity index (χ2v) is 8.52. The van der Waals surface area contributed by atoms with Crippen LogP contribution in [0.25, 0.3) is 0 Å². The first-order valence-electron chi connectivity index (χ1n) is 9.61. The van der Waals surface area contributed by atoms with Crippen LogP contribution in [0, 0.1) is 5.41 Å². The highest BCUT2D eigenvalue weighted by Crippen LogP contribution is 2.41. The van der Waals surface area contributed by atoms with Gasteiger partial charge in [0.25, 0.3) is 0 Å². The van der Waals surface area contributed by atoms with Crippen LogP contribution in [0.3, 0.4) is 0 Å². The van der Waals surface area contributed by atoms with Gasteiger partial charge in [-0.2, -0.15) is 5.10 Å². The molecule has 0 bridgehead atoms. The van der Waals surface area contributed by atoms with Gasteiger partial charge < -0.3 is 19.3 Å². The van der Waals surface area contributed by atoms with Crippen molar-refractivity contribution in [2.24, 2.45) is 5.41 Å². The van der Waals surface area contributed by atoms with Crippen LogP contribution in [0.1, 0.15) is 40.5 Å². The van der Waals surface area contributed by atoms with Crippen LogP contribution < -0.4 is 4.90 Å². The van der Waals surface area contributed by atoms with E-state index in [4.69, 9.17) is 9.47 Å². The molecule has 0 unspecified atom stereocenters. The summed E-state index contributed by atoms with van der Waals surface area (Å²) in [6, 6.07) is 0. The molecule has 1 aromatic heterocycles. The van der Waals surface area contributed by atoms with Gasteiger partial charge in [0.2, 0.25) is 0 Å². The number of amides is 1. The lowest BCUT2D eigenvalue weighted by atomic mass is 9.72. The predicted molar refractivity (Wildman–Crippen MR) is 101 cm³/mol. The van der Waals surface area contributed by atoms with Gasteiger partial charge in [-0.1, -0.05) is 0 Å². The van der Waals surface area contributed by atoms with E-state index in [1.165, 1.54) is 0 Å². The highest BCUT2D eigenvalue weighted by atomic mass is 16.6. The molecule has 1 spiro atoms. The standard InChI is InChI=1S/C19H30N4O4/c1-5-26-16(24)12-23-11-15(10-20-23)21-8-6-19(7-9-21)13-22(14-19)17(25)27-18(2,3)4/h10-11H,5-9,12-14H2,1-4H3. The Morgan fingerprint density at radius 1 is 1.22 bits per heavy atom. The van der Waals surface area contributed by atoms with E-state index in [1.807, 2.05) is 27.0 Å². The Morgan fingerprint density at radius 3 is 2.48 bits per heavy atom. The fourth-order valence-corrected chi connectivity index (χ4v) is 3.72. The third-order valence-electron chi connectivity index (χ3n) is 5.11. The maximum absolute atomic E-state index is 12.1. The minimum Gasteiger partial charge on any atom is -0.465 e. The van der Waals surface area contributed by atoms with Crippen LogP contribution in [0.5, 0.6) is 0 Å². The first kappa shape index (κ1) is 19.5. The smallest absolute Gasteiger partial charge is 0.410 e. The van der Waals surface area contributed by atoms with E-state index in [0.29, 0.717) is 6.61 Å². The Morgan fingerprint density at radius 2 is 1.89 bits per heavy atom. The average molecular weight is 378 g/mol. The van der Waals surface area contributed by atoms with Crippen LogP contribution in [0.4, 0.5) is 10.5 Å². The number of anilines is 1. The summed E-state index contributed by atoms with van der Waals surface area (Å²) in [5, 5.41) is 4.26. The number of esters is 1. The maximum atomic E-state index is 12.1. The molecule has 3 rings (SSSR count). The minimum absolute atomic E-state index is 0.135. The molecule has 2 aliphatic rings. The average Bonchev–Trinajstić information content (AvgIpc) is 2.99. The Bertz CT molecular complexity index is 678. The fourth-order valence-electron chi connectivity index (χ4n) is 3.72. The molecule has 0 radical (unpaired) electrons. The molecule has 0 saturated carbocycles. The molecule has 27 heavy (non-hydrogen) atoms. The van der Waals surface area contributed by atoms with Gasteiger partial charge in [0, 0.05) is 37.8 Å². The van der Waals surface area contributed by atoms with Gasteiger partial charge in [-0.25, -0.2) is 4.79 Å². The Balaban J connectivity index is 1.47. The summed E-state index contributed by atoms with van der Waals surface area (Å²) in [6.07, 6.45) is 5.55. The van der Waals surface area contributed by atoms with E-state index in [-0.39, 0.29) is 24.0 Å². The second-order valence-electron chi connectivity index (χ2n) is 8.52. The molecule has 2 aliphatic heterocycles. The Kier molecular flexibility index (Phi) is 5.35. The molecular formula is C19H30N4O4. The summed E-state index contributed by atoms with van der Waals surface area (Å²) in [7, 11) is 0. The third kappa shape index (κ3) is 4.73. The van der Waals surface area contributed by atoms with Crippen molar-refractivity contribution >= 4 is 17.7 Å². The van der Waals surface area contributed by atoms with Crippen molar-refractivity contribution in [3.8, 4) is 0 Å². The van der Waals surface area contributed by atoms with Crippen LogP contribution >= 0.6 is 0 Å². The highest BCUT2D eigenvalue weighted by molar-refractivity contribution is 5.70. The summed E-state index contributed by atoms with van der Waals surface area (Å²) in [6.45, 7) is 11.4. The molecule has 0 atom stereocenters. The lowest BCUT2D eigenvalue weighted by molar-refractivity contribution is -0.144. The first-order chi connectivity index (χ1) is 12.7. The zero-order valence-electron chi connectivity index (χ0n) is 16.7. The number of rotatable bonds is 4. The number of likely N-dealkylation sites (tertiary alicyclic amines) is 1. The molecule has 1 amide bonds. The van der Waals surface area contributed by atoms with Gasteiger partial charge in [0.15, 0.2) is 0 Å². The quantitative estimate of drug-likeness (QED) is 0.748. The summed E-state index contributed by atoms with van der Waals surface area (Å²) in [5.41, 5.74) is 0.791. The van der Waals surface area contributed by atoms with Crippen molar-refractivity contribution < 1.29 is 19.1 Å². The normalized spacial score (nSPS) is 19.0. The zero-order valence-corrected chi connectivity index (χ0v) is 16.7. The van der Waals surface area contributed by atoms with Crippen molar-refractivity contribution in [1.82, 2.24) is 14.7 Å². The summed E-state index contributed by atoms with van der Waals surface area (Å²) in [4.78, 5) is 27.8. The minimum atomic E-state index is -0.451. The van der Waals surface area contributed by atoms with E-state index in [2.05, 4.69) is 10.00 Å². The van der Waals surface area contributed by atoms with Gasteiger partial charge in [0.1, 0.15) is 12.1 Å². The lowest BCUT2D eigenvalue weighted by Crippen LogP contribution is -2.62. The Labute approximate surface area is 160 Å². The number of piperidine rings is 1. The number of carbonyl (C=O) groups is 2. The van der Waals surface area contributed by atoms with Gasteiger partial charge in [-0.05, 0) is 40.5 Å². The van der Waals surface area contributed by atoms with Crippen LogP contribution in [-0.4, -0.2) is 65.1 Å². The second kappa shape index (κ2) is 7.40. The van der Waals surface area contributed by atoms with Gasteiger partial charge in [-0.3, -0.25) is 9.48 Å². The topological polar surface area (TPSA) is 76.9 Å². The van der Waals surface area contributed by atoms with E-state index in [1.54, 1.807) is 22.7 Å². The molecule has 3 heterocycles. The van der Waals surface area contributed by atoms with Crippen molar-refractivity contribution in [3.63, 3.8) is 0 Å². The van der Waals surface area contributed by atoms with Crippen molar-refractivity contribution in [2.45, 2.75) is 52.7 Å². The van der Waals surface area contributed by atoms with Crippen LogP contribution in [0.2, 0.25) is 0 Å². The maximum Gasteiger partial charge on any atom is 0.410 e. The molecule has 8 nitrogen and oxygen atoms in total. The molecule has 1 aromatic rings.